The number of carbonyl (C=O) groups is 1. The van der Waals surface area contributed by atoms with Gasteiger partial charge in [0.25, 0.3) is 0 Å². The first kappa shape index (κ1) is 26.6. The van der Waals surface area contributed by atoms with Crippen LogP contribution >= 0.6 is 0 Å². The van der Waals surface area contributed by atoms with E-state index in [1.54, 1.807) is 13.8 Å². The van der Waals surface area contributed by atoms with Gasteiger partial charge >= 0.3 is 18.3 Å². The average molecular weight is 490 g/mol. The lowest BCUT2D eigenvalue weighted by molar-refractivity contribution is -0.147. The quantitative estimate of drug-likeness (QED) is 0.202. The van der Waals surface area contributed by atoms with Gasteiger partial charge in [0.05, 0.1) is 24.3 Å². The Hall–Kier alpha value is -3.64. The third-order valence-corrected chi connectivity index (χ3v) is 4.20. The predicted molar refractivity (Wildman–Crippen MR) is 110 cm³/mol. The van der Waals surface area contributed by atoms with Crippen LogP contribution in [-0.4, -0.2) is 36.2 Å². The first-order valence-electron chi connectivity index (χ1n) is 9.59. The Bertz CT molecular complexity index is 1030. The van der Waals surface area contributed by atoms with E-state index in [2.05, 4.69) is 15.2 Å². The van der Waals surface area contributed by atoms with Crippen LogP contribution in [0.4, 0.5) is 26.3 Å². The fraction of sp³-hybridized carbons (Fsp3) is 0.333. The fourth-order valence-electron chi connectivity index (χ4n) is 2.61. The summed E-state index contributed by atoms with van der Waals surface area (Å²) in [5.74, 6) is -2.33. The SMILES string of the molecule is COc1ccc(C(/C=N\N=C(N)c2cc(C(F)(F)F)cc(C(F)(F)F)c2)C(=O)OC(C)C)cn1. The summed E-state index contributed by atoms with van der Waals surface area (Å²) in [5, 5.41) is 7.07. The minimum atomic E-state index is -5.05. The predicted octanol–water partition coefficient (Wildman–Crippen LogP) is 4.55. The zero-order chi connectivity index (χ0) is 25.7. The van der Waals surface area contributed by atoms with Crippen molar-refractivity contribution in [3.8, 4) is 5.88 Å². The van der Waals surface area contributed by atoms with Gasteiger partial charge in [-0.25, -0.2) is 4.98 Å². The fourth-order valence-corrected chi connectivity index (χ4v) is 2.61. The Kier molecular flexibility index (Phi) is 8.24. The highest BCUT2D eigenvalue weighted by molar-refractivity contribution is 5.99. The molecule has 2 rings (SSSR count). The molecule has 1 aromatic carbocycles. The molecule has 34 heavy (non-hydrogen) atoms. The van der Waals surface area contributed by atoms with Crippen LogP contribution in [0.2, 0.25) is 0 Å². The maximum Gasteiger partial charge on any atom is 0.416 e. The molecule has 0 fully saturated rings. The topological polar surface area (TPSA) is 99.2 Å². The molecule has 0 radical (unpaired) electrons. The molecule has 1 unspecified atom stereocenters. The third kappa shape index (κ3) is 7.18. The summed E-state index contributed by atoms with van der Waals surface area (Å²) in [4.78, 5) is 16.4. The number of hydrogen-bond acceptors (Lipinski definition) is 6. The number of carbonyl (C=O) groups excluding carboxylic acids is 1. The van der Waals surface area contributed by atoms with Gasteiger partial charge in [-0.1, -0.05) is 6.07 Å². The summed E-state index contributed by atoms with van der Waals surface area (Å²) in [6, 6.07) is 3.77. The molecule has 2 N–H and O–H groups in total. The van der Waals surface area contributed by atoms with E-state index in [0.29, 0.717) is 17.7 Å². The van der Waals surface area contributed by atoms with Crippen molar-refractivity contribution in [1.82, 2.24) is 4.98 Å². The first-order valence-corrected chi connectivity index (χ1v) is 9.59. The molecular formula is C21H20F6N4O3. The summed E-state index contributed by atoms with van der Waals surface area (Å²) in [6.45, 7) is 3.22. The molecule has 1 heterocycles. The number of pyridine rings is 1. The molecule has 0 aliphatic carbocycles. The average Bonchev–Trinajstić information content (AvgIpc) is 2.74. The van der Waals surface area contributed by atoms with Gasteiger partial charge in [-0.15, -0.1) is 5.10 Å². The Morgan fingerprint density at radius 3 is 2.09 bits per heavy atom. The number of benzene rings is 1. The number of nitrogens with zero attached hydrogens (tertiary/aromatic N) is 3. The number of esters is 1. The number of hydrogen-bond donors (Lipinski definition) is 1. The summed E-state index contributed by atoms with van der Waals surface area (Å²) >= 11 is 0. The molecule has 0 saturated heterocycles. The van der Waals surface area contributed by atoms with E-state index >= 15 is 0 Å². The summed E-state index contributed by atoms with van der Waals surface area (Å²) in [5.41, 5.74) is 2.16. The standard InChI is InChI=1S/C21H20F6N4O3/c1-11(2)34-19(32)16(12-4-5-17(33-3)29-9-12)10-30-31-18(28)13-6-14(20(22,23)24)8-15(7-13)21(25,26)27/h4-11,16H,1-3H3,(H2,28,31)/b30-10-. The summed E-state index contributed by atoms with van der Waals surface area (Å²) in [7, 11) is 1.39. The lowest BCUT2D eigenvalue weighted by Crippen LogP contribution is -2.21. The van der Waals surface area contributed by atoms with Gasteiger partial charge in [-0.2, -0.15) is 31.4 Å². The van der Waals surface area contributed by atoms with Crippen LogP contribution in [-0.2, 0) is 21.9 Å². The maximum absolute atomic E-state index is 13.0. The van der Waals surface area contributed by atoms with Crippen molar-refractivity contribution in [3.63, 3.8) is 0 Å². The molecule has 184 valence electrons. The van der Waals surface area contributed by atoms with E-state index in [1.165, 1.54) is 25.4 Å². The van der Waals surface area contributed by atoms with Crippen LogP contribution in [0.15, 0.2) is 46.7 Å². The van der Waals surface area contributed by atoms with E-state index in [0.717, 1.165) is 6.21 Å². The Balaban J connectivity index is 2.43. The zero-order valence-corrected chi connectivity index (χ0v) is 18.1. The van der Waals surface area contributed by atoms with E-state index in [9.17, 15) is 31.1 Å². The highest BCUT2D eigenvalue weighted by Gasteiger charge is 2.37. The highest BCUT2D eigenvalue weighted by Crippen LogP contribution is 2.36. The van der Waals surface area contributed by atoms with Crippen LogP contribution in [0.25, 0.3) is 0 Å². The van der Waals surface area contributed by atoms with E-state index < -0.39 is 52.9 Å². The van der Waals surface area contributed by atoms with E-state index in [1.807, 2.05) is 0 Å². The molecule has 0 bridgehead atoms. The van der Waals surface area contributed by atoms with Gasteiger partial charge in [0.2, 0.25) is 5.88 Å². The van der Waals surface area contributed by atoms with Gasteiger partial charge in [0.15, 0.2) is 5.84 Å². The van der Waals surface area contributed by atoms with Gasteiger partial charge in [0, 0.05) is 24.0 Å². The smallest absolute Gasteiger partial charge is 0.416 e. The van der Waals surface area contributed by atoms with Gasteiger partial charge < -0.3 is 15.2 Å². The van der Waals surface area contributed by atoms with Crippen LogP contribution in [0.3, 0.4) is 0 Å². The van der Waals surface area contributed by atoms with Crippen LogP contribution in [0.5, 0.6) is 5.88 Å². The lowest BCUT2D eigenvalue weighted by atomic mass is 10.0. The molecule has 2 aromatic rings. The molecule has 0 aliphatic rings. The van der Waals surface area contributed by atoms with Gasteiger partial charge in [-0.05, 0) is 37.6 Å². The number of halogens is 6. The molecule has 0 spiro atoms. The van der Waals surface area contributed by atoms with Gasteiger partial charge in [0.1, 0.15) is 5.92 Å². The van der Waals surface area contributed by atoms with Crippen LogP contribution < -0.4 is 10.5 Å². The zero-order valence-electron chi connectivity index (χ0n) is 18.1. The highest BCUT2D eigenvalue weighted by atomic mass is 19.4. The molecule has 0 aliphatic heterocycles. The number of alkyl halides is 6. The second kappa shape index (κ2) is 10.5. The number of ether oxygens (including phenoxy) is 2. The largest absolute Gasteiger partial charge is 0.481 e. The van der Waals surface area contributed by atoms with Gasteiger partial charge in [-0.3, -0.25) is 4.79 Å². The maximum atomic E-state index is 13.0. The summed E-state index contributed by atoms with van der Waals surface area (Å²) in [6.07, 6.45) is -8.28. The normalized spacial score (nSPS) is 13.9. The number of aromatic nitrogens is 1. The number of rotatable bonds is 7. The molecule has 1 atom stereocenters. The Morgan fingerprint density at radius 1 is 1.06 bits per heavy atom. The summed E-state index contributed by atoms with van der Waals surface area (Å²) < 4.78 is 88.4. The van der Waals surface area contributed by atoms with Crippen molar-refractivity contribution in [2.24, 2.45) is 15.9 Å². The first-order chi connectivity index (χ1) is 15.7. The van der Waals surface area contributed by atoms with Crippen molar-refractivity contribution >= 4 is 18.0 Å². The monoisotopic (exact) mass is 490 g/mol. The molecular weight excluding hydrogens is 470 g/mol. The van der Waals surface area contributed by atoms with Crippen molar-refractivity contribution < 1.29 is 40.6 Å². The lowest BCUT2D eigenvalue weighted by Gasteiger charge is -2.14. The van der Waals surface area contributed by atoms with Crippen molar-refractivity contribution in [2.75, 3.05) is 7.11 Å². The second-order valence-electron chi connectivity index (χ2n) is 7.14. The van der Waals surface area contributed by atoms with Crippen LogP contribution in [0, 0.1) is 0 Å². The number of methoxy groups -OCH3 is 1. The molecule has 0 amide bonds. The molecule has 13 heteroatoms. The molecule has 7 nitrogen and oxygen atoms in total. The Labute approximate surface area is 190 Å². The van der Waals surface area contributed by atoms with E-state index in [-0.39, 0.29) is 11.9 Å². The second-order valence-corrected chi connectivity index (χ2v) is 7.14. The van der Waals surface area contributed by atoms with Crippen LogP contribution in [0.1, 0.15) is 42.0 Å². The molecule has 1 aromatic heterocycles. The minimum absolute atomic E-state index is 0.0331. The minimum Gasteiger partial charge on any atom is -0.481 e. The van der Waals surface area contributed by atoms with Crippen molar-refractivity contribution in [2.45, 2.75) is 38.2 Å². The van der Waals surface area contributed by atoms with Crippen molar-refractivity contribution in [1.29, 1.82) is 0 Å². The Morgan fingerprint density at radius 2 is 1.65 bits per heavy atom. The number of amidine groups is 1. The molecule has 0 saturated carbocycles. The van der Waals surface area contributed by atoms with E-state index in [4.69, 9.17) is 15.2 Å². The van der Waals surface area contributed by atoms with Crippen molar-refractivity contribution in [3.05, 3.63) is 58.8 Å². The number of nitrogens with two attached hydrogens (primary N) is 1. The third-order valence-electron chi connectivity index (χ3n) is 4.20.